The van der Waals surface area contributed by atoms with Crippen molar-refractivity contribution in [2.45, 2.75) is 45.6 Å². The highest BCUT2D eigenvalue weighted by Crippen LogP contribution is 2.08. The summed E-state index contributed by atoms with van der Waals surface area (Å²) in [5.41, 5.74) is 1.34. The molecule has 1 aromatic rings. The summed E-state index contributed by atoms with van der Waals surface area (Å²) < 4.78 is 5.21. The van der Waals surface area contributed by atoms with E-state index in [1.807, 2.05) is 45.0 Å². The van der Waals surface area contributed by atoms with Crippen molar-refractivity contribution in [3.05, 3.63) is 35.4 Å². The number of carbonyl (C=O) groups is 3. The van der Waals surface area contributed by atoms with Gasteiger partial charge >= 0.3 is 12.1 Å². The fourth-order valence-electron chi connectivity index (χ4n) is 3.27. The molecule has 1 heterocycles. The fourth-order valence-corrected chi connectivity index (χ4v) is 3.27. The van der Waals surface area contributed by atoms with Crippen LogP contribution < -0.4 is 16.0 Å². The molecular formula is C23H37N5O6. The van der Waals surface area contributed by atoms with E-state index in [2.05, 4.69) is 20.9 Å². The van der Waals surface area contributed by atoms with Crippen molar-refractivity contribution < 1.29 is 29.3 Å². The van der Waals surface area contributed by atoms with E-state index in [0.29, 0.717) is 52.4 Å². The second-order valence-electron chi connectivity index (χ2n) is 9.15. The molecule has 1 atom stereocenters. The smallest absolute Gasteiger partial charge is 0.407 e. The lowest BCUT2D eigenvalue weighted by molar-refractivity contribution is -0.131. The number of piperazine rings is 1. The fraction of sp³-hybridized carbons (Fsp3) is 0.609. The topological polar surface area (TPSA) is 143 Å². The summed E-state index contributed by atoms with van der Waals surface area (Å²) in [6.07, 6.45) is -1.86. The Kier molecular flexibility index (Phi) is 10.6. The third kappa shape index (κ3) is 9.94. The number of nitrogens with one attached hydrogen (secondary N) is 3. The van der Waals surface area contributed by atoms with Crippen molar-refractivity contribution in [1.82, 2.24) is 25.8 Å². The Balaban J connectivity index is 1.64. The third-order valence-electron chi connectivity index (χ3n) is 5.16. The zero-order chi connectivity index (χ0) is 25.1. The first kappa shape index (κ1) is 27.4. The number of benzene rings is 1. The average molecular weight is 480 g/mol. The number of aliphatic hydroxyl groups excluding tert-OH is 2. The number of urea groups is 1. The number of nitrogens with zero attached hydrogens (tertiary/aromatic N) is 2. The minimum Gasteiger partial charge on any atom is -0.444 e. The third-order valence-corrected chi connectivity index (χ3v) is 5.16. The van der Waals surface area contributed by atoms with Gasteiger partial charge in [-0.2, -0.15) is 0 Å². The summed E-state index contributed by atoms with van der Waals surface area (Å²) in [5, 5.41) is 26.2. The monoisotopic (exact) mass is 479 g/mol. The van der Waals surface area contributed by atoms with Crippen molar-refractivity contribution in [2.75, 3.05) is 45.9 Å². The molecule has 1 aliphatic rings. The van der Waals surface area contributed by atoms with E-state index in [1.54, 1.807) is 4.90 Å². The molecular weight excluding hydrogens is 442 g/mol. The zero-order valence-corrected chi connectivity index (χ0v) is 20.2. The van der Waals surface area contributed by atoms with Crippen LogP contribution in [0.1, 0.15) is 31.9 Å². The standard InChI is InChI=1S/C23H37N5O6/c1-23(2,3)34-22(33)26-15-18-6-4-17(5-7-18)14-25-21(32)28-12-10-27(11-13-28)9-8-24-20(31)19(30)16-29/h4-7,19,29-30H,8-16H2,1-3H3,(H,24,31)(H,25,32)(H,26,33). The second kappa shape index (κ2) is 13.1. The van der Waals surface area contributed by atoms with Crippen molar-refractivity contribution in [2.24, 2.45) is 0 Å². The highest BCUT2D eigenvalue weighted by atomic mass is 16.6. The molecule has 4 amide bonds. The number of amides is 4. The normalized spacial score (nSPS) is 15.4. The summed E-state index contributed by atoms with van der Waals surface area (Å²) in [5.74, 6) is -0.590. The average Bonchev–Trinajstić information content (AvgIpc) is 2.80. The molecule has 5 N–H and O–H groups in total. The Bertz CT molecular complexity index is 803. The van der Waals surface area contributed by atoms with Gasteiger partial charge in [0, 0.05) is 52.4 Å². The Morgan fingerprint density at radius 1 is 0.971 bits per heavy atom. The van der Waals surface area contributed by atoms with Gasteiger partial charge < -0.3 is 35.8 Å². The second-order valence-corrected chi connectivity index (χ2v) is 9.15. The lowest BCUT2D eigenvalue weighted by Gasteiger charge is -2.34. The molecule has 0 radical (unpaired) electrons. The van der Waals surface area contributed by atoms with Gasteiger partial charge in [-0.25, -0.2) is 9.59 Å². The molecule has 2 rings (SSSR count). The molecule has 1 saturated heterocycles. The maximum absolute atomic E-state index is 12.5. The summed E-state index contributed by atoms with van der Waals surface area (Å²) in [4.78, 5) is 39.5. The molecule has 34 heavy (non-hydrogen) atoms. The lowest BCUT2D eigenvalue weighted by atomic mass is 10.1. The number of ether oxygens (including phenoxy) is 1. The van der Waals surface area contributed by atoms with Crippen molar-refractivity contribution in [1.29, 1.82) is 0 Å². The number of aliphatic hydroxyl groups is 2. The summed E-state index contributed by atoms with van der Waals surface area (Å²) in [6.45, 7) is 9.09. The molecule has 0 saturated carbocycles. The predicted octanol–water partition coefficient (Wildman–Crippen LogP) is 0.00790. The maximum atomic E-state index is 12.5. The number of carbonyl (C=O) groups excluding carboxylic acids is 3. The summed E-state index contributed by atoms with van der Waals surface area (Å²) >= 11 is 0. The van der Waals surface area contributed by atoms with Crippen LogP contribution in [0.5, 0.6) is 0 Å². The van der Waals surface area contributed by atoms with Gasteiger partial charge in [0.1, 0.15) is 5.60 Å². The number of rotatable bonds is 9. The van der Waals surface area contributed by atoms with E-state index >= 15 is 0 Å². The molecule has 1 aromatic carbocycles. The van der Waals surface area contributed by atoms with Crippen LogP contribution in [0.15, 0.2) is 24.3 Å². The van der Waals surface area contributed by atoms with Gasteiger partial charge in [0.25, 0.3) is 5.91 Å². The van der Waals surface area contributed by atoms with Gasteiger partial charge in [0.05, 0.1) is 6.61 Å². The lowest BCUT2D eigenvalue weighted by Crippen LogP contribution is -2.53. The molecule has 1 aliphatic heterocycles. The molecule has 1 unspecified atom stereocenters. The van der Waals surface area contributed by atoms with Crippen LogP contribution in [0.25, 0.3) is 0 Å². The molecule has 190 valence electrons. The van der Waals surface area contributed by atoms with Crippen molar-refractivity contribution >= 4 is 18.0 Å². The van der Waals surface area contributed by atoms with E-state index in [0.717, 1.165) is 11.1 Å². The van der Waals surface area contributed by atoms with Crippen molar-refractivity contribution in [3.63, 3.8) is 0 Å². The maximum Gasteiger partial charge on any atom is 0.407 e. The molecule has 0 spiro atoms. The van der Waals surface area contributed by atoms with Crippen molar-refractivity contribution in [3.8, 4) is 0 Å². The van der Waals surface area contributed by atoms with Gasteiger partial charge in [0.2, 0.25) is 0 Å². The first-order valence-corrected chi connectivity index (χ1v) is 11.4. The molecule has 0 aromatic heterocycles. The van der Waals surface area contributed by atoms with Crippen LogP contribution in [0.2, 0.25) is 0 Å². The SMILES string of the molecule is CC(C)(C)OC(=O)NCc1ccc(CNC(=O)N2CCN(CCNC(=O)C(O)CO)CC2)cc1. The van der Waals surface area contributed by atoms with E-state index in [-0.39, 0.29) is 6.03 Å². The highest BCUT2D eigenvalue weighted by molar-refractivity contribution is 5.80. The van der Waals surface area contributed by atoms with E-state index in [1.165, 1.54) is 0 Å². The van der Waals surface area contributed by atoms with Crippen LogP contribution in [-0.4, -0.2) is 95.6 Å². The summed E-state index contributed by atoms with van der Waals surface area (Å²) in [6, 6.07) is 7.49. The Labute approximate surface area is 200 Å². The quantitative estimate of drug-likeness (QED) is 0.336. The molecule has 1 fully saturated rings. The number of alkyl carbamates (subject to hydrolysis) is 1. The minimum absolute atomic E-state index is 0.130. The van der Waals surface area contributed by atoms with Gasteiger partial charge in [-0.3, -0.25) is 9.69 Å². The molecule has 0 aliphatic carbocycles. The molecule has 11 nitrogen and oxygen atoms in total. The van der Waals surface area contributed by atoms with Crippen LogP contribution in [-0.2, 0) is 22.6 Å². The largest absolute Gasteiger partial charge is 0.444 e. The predicted molar refractivity (Wildman–Crippen MR) is 126 cm³/mol. The first-order valence-electron chi connectivity index (χ1n) is 11.4. The number of hydrogen-bond donors (Lipinski definition) is 5. The van der Waals surface area contributed by atoms with Gasteiger partial charge in [-0.15, -0.1) is 0 Å². The van der Waals surface area contributed by atoms with E-state index < -0.39 is 30.3 Å². The van der Waals surface area contributed by atoms with Crippen LogP contribution in [0, 0.1) is 0 Å². The van der Waals surface area contributed by atoms with Crippen LogP contribution >= 0.6 is 0 Å². The van der Waals surface area contributed by atoms with E-state index in [9.17, 15) is 19.5 Å². The Morgan fingerprint density at radius 3 is 2.06 bits per heavy atom. The summed E-state index contributed by atoms with van der Waals surface area (Å²) in [7, 11) is 0. The minimum atomic E-state index is -1.40. The Morgan fingerprint density at radius 2 is 1.53 bits per heavy atom. The Hall–Kier alpha value is -2.89. The van der Waals surface area contributed by atoms with Gasteiger partial charge in [0.15, 0.2) is 6.10 Å². The molecule has 11 heteroatoms. The molecule has 0 bridgehead atoms. The van der Waals surface area contributed by atoms with Crippen LogP contribution in [0.3, 0.4) is 0 Å². The van der Waals surface area contributed by atoms with Crippen LogP contribution in [0.4, 0.5) is 9.59 Å². The first-order chi connectivity index (χ1) is 16.1. The number of hydrogen-bond acceptors (Lipinski definition) is 7. The van der Waals surface area contributed by atoms with Gasteiger partial charge in [-0.1, -0.05) is 24.3 Å². The highest BCUT2D eigenvalue weighted by Gasteiger charge is 2.21. The zero-order valence-electron chi connectivity index (χ0n) is 20.2. The van der Waals surface area contributed by atoms with E-state index in [4.69, 9.17) is 9.84 Å². The van der Waals surface area contributed by atoms with Gasteiger partial charge in [-0.05, 0) is 31.9 Å².